The molecular weight excluding hydrogens is 306 g/mol. The van der Waals surface area contributed by atoms with E-state index in [2.05, 4.69) is 33.0 Å². The van der Waals surface area contributed by atoms with E-state index < -0.39 is 0 Å². The van der Waals surface area contributed by atoms with Gasteiger partial charge in [-0.3, -0.25) is 0 Å². The molecule has 1 unspecified atom stereocenters. The predicted molar refractivity (Wildman–Crippen MR) is 66.4 cm³/mol. The molecule has 1 atom stereocenters. The molecule has 1 aromatic carbocycles. The fourth-order valence-electron chi connectivity index (χ4n) is 1.96. The summed E-state index contributed by atoms with van der Waals surface area (Å²) in [6.07, 6.45) is 2.67. The van der Waals surface area contributed by atoms with Crippen molar-refractivity contribution >= 4 is 28.3 Å². The number of fused-ring (bicyclic) bond motifs is 1. The third-order valence-corrected chi connectivity index (χ3v) is 3.91. The fraction of sp³-hybridized carbons (Fsp3) is 0.455. The maximum absolute atomic E-state index is 13.1. The number of hydrogen-bond donors (Lipinski definition) is 1. The monoisotopic (exact) mass is 318 g/mol. The number of halogens is 2. The van der Waals surface area contributed by atoms with Crippen LogP contribution in [0.4, 0.5) is 10.1 Å². The van der Waals surface area contributed by atoms with Crippen LogP contribution in [0.1, 0.15) is 22.5 Å². The summed E-state index contributed by atoms with van der Waals surface area (Å²) in [5.41, 5.74) is 5.58. The van der Waals surface area contributed by atoms with Gasteiger partial charge in [0, 0.05) is 12.1 Å². The molecular formula is C11H12FIN2. The van der Waals surface area contributed by atoms with E-state index in [0.29, 0.717) is 0 Å². The smallest absolute Gasteiger partial charge is 0.123 e. The Bertz CT molecular complexity index is 392. The number of hydrogen-bond acceptors (Lipinski definition) is 2. The van der Waals surface area contributed by atoms with Gasteiger partial charge in [0.05, 0.1) is 5.69 Å². The molecule has 1 fully saturated rings. The second kappa shape index (κ2) is 3.59. The van der Waals surface area contributed by atoms with Crippen LogP contribution < -0.4 is 10.4 Å². The van der Waals surface area contributed by atoms with Crippen LogP contribution in [0.15, 0.2) is 18.2 Å². The lowest BCUT2D eigenvalue weighted by molar-refractivity contribution is 0.625. The molecule has 2 aliphatic rings. The molecule has 2 nitrogen and oxygen atoms in total. The van der Waals surface area contributed by atoms with Gasteiger partial charge in [0.15, 0.2) is 0 Å². The van der Waals surface area contributed by atoms with E-state index in [1.807, 2.05) is 6.07 Å². The summed E-state index contributed by atoms with van der Waals surface area (Å²) in [6, 6.07) is 5.04. The zero-order chi connectivity index (χ0) is 10.4. The van der Waals surface area contributed by atoms with Crippen LogP contribution in [0.5, 0.6) is 0 Å². The van der Waals surface area contributed by atoms with Gasteiger partial charge in [0.2, 0.25) is 0 Å². The first kappa shape index (κ1) is 9.84. The molecule has 1 N–H and O–H groups in total. The summed E-state index contributed by atoms with van der Waals surface area (Å²) in [7, 11) is 0. The Labute approximate surface area is 102 Å². The maximum Gasteiger partial charge on any atom is 0.123 e. The van der Waals surface area contributed by atoms with Crippen molar-refractivity contribution in [3.05, 3.63) is 29.6 Å². The summed E-state index contributed by atoms with van der Waals surface area (Å²) >= 11 is 2.30. The quantitative estimate of drug-likeness (QED) is 0.512. The van der Waals surface area contributed by atoms with Gasteiger partial charge in [-0.2, -0.15) is 0 Å². The van der Waals surface area contributed by atoms with E-state index in [0.717, 1.165) is 23.7 Å². The second-order valence-electron chi connectivity index (χ2n) is 4.25. The molecule has 1 aromatic rings. The number of nitrogens with one attached hydrogen (secondary N) is 1. The molecule has 0 bridgehead atoms. The highest BCUT2D eigenvalue weighted by Gasteiger charge is 2.31. The highest BCUT2D eigenvalue weighted by atomic mass is 127. The Morgan fingerprint density at radius 3 is 3.00 bits per heavy atom. The number of benzene rings is 1. The van der Waals surface area contributed by atoms with Crippen LogP contribution in [0.3, 0.4) is 0 Å². The third-order valence-electron chi connectivity index (χ3n) is 2.96. The van der Waals surface area contributed by atoms with Gasteiger partial charge in [0.1, 0.15) is 9.87 Å². The van der Waals surface area contributed by atoms with E-state index in [1.165, 1.54) is 18.9 Å². The predicted octanol–water partition coefficient (Wildman–Crippen LogP) is 2.99. The van der Waals surface area contributed by atoms with Crippen LogP contribution in [0.25, 0.3) is 0 Å². The minimum atomic E-state index is -0.148. The van der Waals surface area contributed by atoms with Crippen LogP contribution in [0, 0.1) is 11.7 Å². The highest BCUT2D eigenvalue weighted by molar-refractivity contribution is 14.1. The van der Waals surface area contributed by atoms with Crippen molar-refractivity contribution < 1.29 is 4.39 Å². The topological polar surface area (TPSA) is 15.3 Å². The molecule has 1 saturated carbocycles. The van der Waals surface area contributed by atoms with Crippen LogP contribution >= 0.6 is 22.6 Å². The van der Waals surface area contributed by atoms with E-state index in [-0.39, 0.29) is 9.87 Å². The Morgan fingerprint density at radius 1 is 1.47 bits per heavy atom. The number of hydrazine groups is 1. The standard InChI is InChI=1S/C11H12FIN2/c12-8-3-4-10-9(5-8)11(13)14-15(10)6-7-1-2-7/h3-5,7,11,14H,1-2,6H2. The van der Waals surface area contributed by atoms with Crippen LogP contribution in [-0.2, 0) is 0 Å². The molecule has 0 aromatic heterocycles. The first-order valence-electron chi connectivity index (χ1n) is 5.21. The van der Waals surface area contributed by atoms with Crippen molar-refractivity contribution in [3.8, 4) is 0 Å². The Morgan fingerprint density at radius 2 is 2.27 bits per heavy atom. The molecule has 0 amide bonds. The fourth-order valence-corrected chi connectivity index (χ4v) is 2.79. The molecule has 15 heavy (non-hydrogen) atoms. The Balaban J connectivity index is 1.90. The van der Waals surface area contributed by atoms with Gasteiger partial charge in [-0.15, -0.1) is 0 Å². The SMILES string of the molecule is Fc1ccc2c(c1)C(I)NN2CC1CC1. The van der Waals surface area contributed by atoms with Gasteiger partial charge >= 0.3 is 0 Å². The van der Waals surface area contributed by atoms with Crippen molar-refractivity contribution in [2.45, 2.75) is 16.9 Å². The van der Waals surface area contributed by atoms with Crippen LogP contribution in [0.2, 0.25) is 0 Å². The molecule has 0 radical (unpaired) electrons. The summed E-state index contributed by atoms with van der Waals surface area (Å²) in [5, 5.41) is 2.17. The zero-order valence-corrected chi connectivity index (χ0v) is 10.4. The molecule has 80 valence electrons. The van der Waals surface area contributed by atoms with Crippen LogP contribution in [-0.4, -0.2) is 6.54 Å². The zero-order valence-electron chi connectivity index (χ0n) is 8.21. The van der Waals surface area contributed by atoms with Crippen molar-refractivity contribution in [1.82, 2.24) is 5.43 Å². The minimum absolute atomic E-state index is 0.148. The van der Waals surface area contributed by atoms with E-state index in [9.17, 15) is 4.39 Å². The lowest BCUT2D eigenvalue weighted by Gasteiger charge is -2.19. The number of rotatable bonds is 2. The van der Waals surface area contributed by atoms with Crippen molar-refractivity contribution in [1.29, 1.82) is 0 Å². The lowest BCUT2D eigenvalue weighted by atomic mass is 10.2. The molecule has 1 aliphatic heterocycles. The first-order chi connectivity index (χ1) is 7.24. The largest absolute Gasteiger partial charge is 0.306 e. The molecule has 3 rings (SSSR count). The molecule has 1 heterocycles. The van der Waals surface area contributed by atoms with Crippen molar-refractivity contribution in [3.63, 3.8) is 0 Å². The van der Waals surface area contributed by atoms with Crippen molar-refractivity contribution in [2.24, 2.45) is 5.92 Å². The van der Waals surface area contributed by atoms with E-state index >= 15 is 0 Å². The average molecular weight is 318 g/mol. The summed E-state index contributed by atoms with van der Waals surface area (Å²) < 4.78 is 13.3. The maximum atomic E-state index is 13.1. The first-order valence-corrected chi connectivity index (χ1v) is 6.46. The summed E-state index contributed by atoms with van der Waals surface area (Å²) in [5.74, 6) is 0.683. The molecule has 1 aliphatic carbocycles. The van der Waals surface area contributed by atoms with E-state index in [4.69, 9.17) is 0 Å². The van der Waals surface area contributed by atoms with Gasteiger partial charge in [-0.05, 0) is 37.0 Å². The van der Waals surface area contributed by atoms with Gasteiger partial charge in [0.25, 0.3) is 0 Å². The third kappa shape index (κ3) is 1.85. The van der Waals surface area contributed by atoms with Gasteiger partial charge < -0.3 is 5.01 Å². The lowest BCUT2D eigenvalue weighted by Crippen LogP contribution is -2.34. The molecule has 4 heteroatoms. The number of nitrogens with zero attached hydrogens (tertiary/aromatic N) is 1. The van der Waals surface area contributed by atoms with Crippen molar-refractivity contribution in [2.75, 3.05) is 11.6 Å². The number of anilines is 1. The summed E-state index contributed by atoms with van der Waals surface area (Å²) in [6.45, 7) is 1.05. The minimum Gasteiger partial charge on any atom is -0.306 e. The molecule has 0 saturated heterocycles. The second-order valence-corrected chi connectivity index (χ2v) is 5.49. The number of alkyl halides is 1. The highest BCUT2D eigenvalue weighted by Crippen LogP contribution is 2.39. The normalized spacial score (nSPS) is 24.4. The Kier molecular flexibility index (Phi) is 2.35. The average Bonchev–Trinajstić information content (AvgIpc) is 2.95. The molecule has 0 spiro atoms. The summed E-state index contributed by atoms with van der Waals surface area (Å²) in [4.78, 5) is 0. The van der Waals surface area contributed by atoms with Gasteiger partial charge in [-0.1, -0.05) is 22.6 Å². The van der Waals surface area contributed by atoms with E-state index in [1.54, 1.807) is 6.07 Å². The Hall–Kier alpha value is -0.360. The van der Waals surface area contributed by atoms with Gasteiger partial charge in [-0.25, -0.2) is 9.82 Å².